The van der Waals surface area contributed by atoms with Crippen LogP contribution in [0.1, 0.15) is 0 Å². The molecule has 0 aliphatic carbocycles. The number of rotatable bonds is 4. The van der Waals surface area contributed by atoms with Gasteiger partial charge in [0, 0.05) is 12.6 Å². The van der Waals surface area contributed by atoms with Crippen molar-refractivity contribution < 1.29 is 12.9 Å². The van der Waals surface area contributed by atoms with Gasteiger partial charge in [0.2, 0.25) is 0 Å². The van der Waals surface area contributed by atoms with Gasteiger partial charge in [-0.1, -0.05) is 0 Å². The summed E-state index contributed by atoms with van der Waals surface area (Å²) in [6, 6.07) is -0.400. The van der Waals surface area contributed by atoms with Crippen LogP contribution in [0.2, 0.25) is 0 Å². The van der Waals surface area contributed by atoms with Crippen molar-refractivity contribution in [3.05, 3.63) is 0 Å². The van der Waals surface area contributed by atoms with Crippen molar-refractivity contribution in [2.75, 3.05) is 13.2 Å². The average Bonchev–Trinajstić information content (AvgIpc) is 1.83. The van der Waals surface area contributed by atoms with E-state index in [1.807, 2.05) is 0 Å². The second-order valence-corrected chi connectivity index (χ2v) is 2.13. The zero-order valence-electron chi connectivity index (χ0n) is 4.78. The van der Waals surface area contributed by atoms with E-state index in [9.17, 15) is 8.76 Å². The maximum absolute atomic E-state index is 9.70. The fourth-order valence-electron chi connectivity index (χ4n) is 0.211. The first-order valence-corrected chi connectivity index (χ1v) is 3.35. The monoisotopic (exact) mass is 153 g/mol. The predicted octanol–water partition coefficient (Wildman–Crippen LogP) is -1.92. The van der Waals surface area contributed by atoms with Gasteiger partial charge in [0.15, 0.2) is 0 Å². The first-order valence-electron chi connectivity index (χ1n) is 2.35. The van der Waals surface area contributed by atoms with E-state index in [2.05, 4.69) is 4.18 Å². The highest BCUT2D eigenvalue weighted by molar-refractivity contribution is 7.74. The van der Waals surface area contributed by atoms with Gasteiger partial charge >= 0.3 is 0 Å². The number of nitrogens with two attached hydrogens (primary N) is 2. The van der Waals surface area contributed by atoms with E-state index in [4.69, 9.17) is 11.5 Å². The molecule has 0 spiro atoms. The van der Waals surface area contributed by atoms with Crippen molar-refractivity contribution in [1.82, 2.24) is 0 Å². The lowest BCUT2D eigenvalue weighted by Crippen LogP contribution is -2.34. The second kappa shape index (κ2) is 4.83. The Hall–Kier alpha value is -0.0100. The van der Waals surface area contributed by atoms with Gasteiger partial charge in [-0.05, 0) is 0 Å². The molecule has 9 heavy (non-hydrogen) atoms. The third-order valence-electron chi connectivity index (χ3n) is 0.681. The van der Waals surface area contributed by atoms with Crippen molar-refractivity contribution in [3.8, 4) is 0 Å². The van der Waals surface area contributed by atoms with Crippen LogP contribution in [0.25, 0.3) is 0 Å². The van der Waals surface area contributed by atoms with Crippen molar-refractivity contribution in [2.45, 2.75) is 6.04 Å². The molecule has 0 saturated carbocycles. The van der Waals surface area contributed by atoms with Crippen LogP contribution in [0.3, 0.4) is 0 Å². The first-order chi connectivity index (χ1) is 4.16. The molecule has 0 heterocycles. The molecule has 0 aliphatic heterocycles. The molecule has 0 saturated heterocycles. The Morgan fingerprint density at radius 3 is 2.67 bits per heavy atom. The molecule has 5 nitrogen and oxygen atoms in total. The summed E-state index contributed by atoms with van der Waals surface area (Å²) >= 11 is -2.47. The summed E-state index contributed by atoms with van der Waals surface area (Å²) in [5.41, 5.74) is 10.3. The minimum Gasteiger partial charge on any atom is -0.750 e. The van der Waals surface area contributed by atoms with Crippen LogP contribution >= 0.6 is 0 Å². The van der Waals surface area contributed by atoms with E-state index in [1.54, 1.807) is 0 Å². The van der Waals surface area contributed by atoms with Gasteiger partial charge in [0.05, 0.1) is 18.0 Å². The Labute approximate surface area is 55.8 Å². The normalized spacial score (nSPS) is 17.2. The molecule has 0 bridgehead atoms. The highest BCUT2D eigenvalue weighted by Gasteiger charge is 1.97. The largest absolute Gasteiger partial charge is 0.750 e. The molecule has 2 unspecified atom stereocenters. The average molecular weight is 153 g/mol. The minimum absolute atomic E-state index is 0.0490. The predicted molar refractivity (Wildman–Crippen MR) is 31.9 cm³/mol. The Kier molecular flexibility index (Phi) is 4.83. The molecule has 56 valence electrons. The third kappa shape index (κ3) is 5.87. The van der Waals surface area contributed by atoms with Crippen molar-refractivity contribution >= 4 is 11.4 Å². The standard InChI is InChI=1S/C3H10N2O3S/c4-1-3(5)2-8-9(6)7/h3H,1-2,4-5H2,(H,6,7)/p-1. The molecule has 0 aromatic rings. The van der Waals surface area contributed by atoms with Gasteiger partial charge in [-0.25, -0.2) is 4.21 Å². The molecule has 6 heteroatoms. The fraction of sp³-hybridized carbons (Fsp3) is 1.00. The van der Waals surface area contributed by atoms with Crippen LogP contribution < -0.4 is 11.5 Å². The molecular weight excluding hydrogens is 144 g/mol. The molecule has 0 aliphatic rings. The van der Waals surface area contributed by atoms with Gasteiger partial charge in [-0.15, -0.1) is 0 Å². The maximum Gasteiger partial charge on any atom is 0.0842 e. The van der Waals surface area contributed by atoms with E-state index in [1.165, 1.54) is 0 Å². The zero-order chi connectivity index (χ0) is 7.28. The molecule has 0 fully saturated rings. The Morgan fingerprint density at radius 2 is 2.33 bits per heavy atom. The van der Waals surface area contributed by atoms with Gasteiger partial charge < -0.3 is 16.0 Å². The second-order valence-electron chi connectivity index (χ2n) is 1.48. The summed E-state index contributed by atoms with van der Waals surface area (Å²) in [4.78, 5) is 0. The molecule has 0 aromatic carbocycles. The summed E-state index contributed by atoms with van der Waals surface area (Å²) in [7, 11) is 0. The van der Waals surface area contributed by atoms with Crippen LogP contribution in [0.5, 0.6) is 0 Å². The van der Waals surface area contributed by atoms with Crippen LogP contribution in [0, 0.1) is 0 Å². The number of hydrogen-bond donors (Lipinski definition) is 2. The molecular formula is C3H9N2O3S-. The van der Waals surface area contributed by atoms with Gasteiger partial charge in [-0.2, -0.15) is 0 Å². The quantitative estimate of drug-likeness (QED) is 0.458. The molecule has 0 radical (unpaired) electrons. The van der Waals surface area contributed by atoms with E-state index >= 15 is 0 Å². The molecule has 0 rings (SSSR count). The molecule has 4 N–H and O–H groups in total. The van der Waals surface area contributed by atoms with Crippen LogP contribution in [-0.4, -0.2) is 28.0 Å². The Bertz CT molecular complexity index is 99.1. The summed E-state index contributed by atoms with van der Waals surface area (Å²) in [6.45, 7) is 0.170. The molecule has 0 amide bonds. The highest BCUT2D eigenvalue weighted by atomic mass is 32.2. The lowest BCUT2D eigenvalue weighted by molar-refractivity contribution is 0.279. The SMILES string of the molecule is NCC(N)COS(=O)[O-]. The fourth-order valence-corrected chi connectivity index (χ4v) is 0.497. The van der Waals surface area contributed by atoms with Crippen LogP contribution in [0.15, 0.2) is 0 Å². The van der Waals surface area contributed by atoms with Crippen LogP contribution in [-0.2, 0) is 15.5 Å². The summed E-state index contributed by atoms with van der Waals surface area (Å²) in [5.74, 6) is 0. The van der Waals surface area contributed by atoms with E-state index < -0.39 is 17.4 Å². The number of hydrogen-bond acceptors (Lipinski definition) is 5. The smallest absolute Gasteiger partial charge is 0.0842 e. The first kappa shape index (κ1) is 8.99. The lowest BCUT2D eigenvalue weighted by Gasteiger charge is -2.09. The summed E-state index contributed by atoms with van der Waals surface area (Å²) in [6.07, 6.45) is 0. The highest BCUT2D eigenvalue weighted by Crippen LogP contribution is 1.80. The van der Waals surface area contributed by atoms with E-state index in [-0.39, 0.29) is 13.2 Å². The molecule has 2 atom stereocenters. The Morgan fingerprint density at radius 1 is 1.78 bits per heavy atom. The van der Waals surface area contributed by atoms with Gasteiger partial charge in [0.1, 0.15) is 0 Å². The topological polar surface area (TPSA) is 101 Å². The van der Waals surface area contributed by atoms with Crippen LogP contribution in [0.4, 0.5) is 0 Å². The molecule has 0 aromatic heterocycles. The summed E-state index contributed by atoms with van der Waals surface area (Å²) < 4.78 is 23.5. The maximum atomic E-state index is 9.70. The van der Waals surface area contributed by atoms with Gasteiger partial charge in [0.25, 0.3) is 0 Å². The van der Waals surface area contributed by atoms with Crippen molar-refractivity contribution in [3.63, 3.8) is 0 Å². The van der Waals surface area contributed by atoms with E-state index in [0.717, 1.165) is 0 Å². The third-order valence-corrected chi connectivity index (χ3v) is 1.01. The minimum atomic E-state index is -2.47. The van der Waals surface area contributed by atoms with Gasteiger partial charge in [-0.3, -0.25) is 4.18 Å². The summed E-state index contributed by atoms with van der Waals surface area (Å²) in [5, 5.41) is 0. The van der Waals surface area contributed by atoms with E-state index in [0.29, 0.717) is 0 Å². The van der Waals surface area contributed by atoms with Crippen molar-refractivity contribution in [1.29, 1.82) is 0 Å². The Balaban J connectivity index is 3.16. The zero-order valence-corrected chi connectivity index (χ0v) is 5.60. The van der Waals surface area contributed by atoms with Crippen molar-refractivity contribution in [2.24, 2.45) is 11.5 Å². The lowest BCUT2D eigenvalue weighted by atomic mass is 10.3.